The summed E-state index contributed by atoms with van der Waals surface area (Å²) in [5.74, 6) is -0.515. The fourth-order valence-corrected chi connectivity index (χ4v) is 4.74. The van der Waals surface area contributed by atoms with Gasteiger partial charge in [0.1, 0.15) is 0 Å². The first-order valence-electron chi connectivity index (χ1n) is 8.30. The molecule has 3 rings (SSSR count). The van der Waals surface area contributed by atoms with Crippen LogP contribution in [0.25, 0.3) is 0 Å². The highest BCUT2D eigenvalue weighted by atomic mass is 79.9. The summed E-state index contributed by atoms with van der Waals surface area (Å²) < 4.78 is 23.9. The molecule has 28 heavy (non-hydrogen) atoms. The van der Waals surface area contributed by atoms with Gasteiger partial charge in [-0.05, 0) is 70.4 Å². The molecule has 7 nitrogen and oxygen atoms in total. The van der Waals surface area contributed by atoms with Gasteiger partial charge in [0.05, 0.1) is 4.90 Å². The number of carbonyl (C=O) groups is 2. The Balaban J connectivity index is 1.92. The Morgan fingerprint density at radius 1 is 1.25 bits per heavy atom. The summed E-state index contributed by atoms with van der Waals surface area (Å²) in [6.07, 6.45) is 1.82. The molecular weight excluding hydrogens is 446 g/mol. The van der Waals surface area contributed by atoms with Crippen molar-refractivity contribution in [3.8, 4) is 0 Å². The van der Waals surface area contributed by atoms with Crippen molar-refractivity contribution < 1.29 is 18.0 Å². The third-order valence-corrected chi connectivity index (χ3v) is 6.46. The van der Waals surface area contributed by atoms with Gasteiger partial charge in [-0.25, -0.2) is 13.6 Å². The van der Waals surface area contributed by atoms with Crippen molar-refractivity contribution in [3.63, 3.8) is 0 Å². The van der Waals surface area contributed by atoms with Crippen LogP contribution in [0.5, 0.6) is 0 Å². The molecule has 0 atom stereocenters. The molecule has 0 aliphatic carbocycles. The van der Waals surface area contributed by atoms with Gasteiger partial charge < -0.3 is 9.80 Å². The van der Waals surface area contributed by atoms with Crippen LogP contribution in [0, 0.1) is 0 Å². The van der Waals surface area contributed by atoms with E-state index in [1.165, 1.54) is 21.9 Å². The Bertz CT molecular complexity index is 1080. The normalized spacial score (nSPS) is 13.2. The third-order valence-electron chi connectivity index (χ3n) is 4.59. The summed E-state index contributed by atoms with van der Waals surface area (Å²) in [5.41, 5.74) is 2.45. The minimum Gasteiger partial charge on any atom is -0.312 e. The van der Waals surface area contributed by atoms with Gasteiger partial charge in [-0.15, -0.1) is 0 Å². The van der Waals surface area contributed by atoms with Crippen molar-refractivity contribution in [3.05, 3.63) is 64.7 Å². The molecule has 1 heterocycles. The molecular formula is C19H18BrN3O4S. The number of halogens is 1. The fraction of sp³-hybridized carbons (Fsp3) is 0.158. The van der Waals surface area contributed by atoms with Gasteiger partial charge in [0.15, 0.2) is 0 Å². The number of hydrogen-bond acceptors (Lipinski definition) is 4. The van der Waals surface area contributed by atoms with Crippen LogP contribution in [0.3, 0.4) is 0 Å². The van der Waals surface area contributed by atoms with Crippen LogP contribution in [0.2, 0.25) is 0 Å². The number of rotatable bonds is 4. The van der Waals surface area contributed by atoms with Crippen molar-refractivity contribution >= 4 is 49.1 Å². The monoisotopic (exact) mass is 463 g/mol. The molecule has 1 aliphatic rings. The minimum atomic E-state index is -3.93. The molecule has 0 bridgehead atoms. The van der Waals surface area contributed by atoms with Gasteiger partial charge in [-0.2, -0.15) is 0 Å². The van der Waals surface area contributed by atoms with E-state index in [9.17, 15) is 18.0 Å². The zero-order valence-corrected chi connectivity index (χ0v) is 17.5. The first-order valence-corrected chi connectivity index (χ1v) is 10.6. The highest BCUT2D eigenvalue weighted by Gasteiger charge is 2.28. The molecule has 0 fully saturated rings. The molecule has 1 aliphatic heterocycles. The molecule has 0 radical (unpaired) electrons. The third kappa shape index (κ3) is 3.73. The Labute approximate surface area is 171 Å². The summed E-state index contributed by atoms with van der Waals surface area (Å²) in [4.78, 5) is 27.5. The predicted molar refractivity (Wildman–Crippen MR) is 111 cm³/mol. The molecule has 0 saturated heterocycles. The lowest BCUT2D eigenvalue weighted by molar-refractivity contribution is -0.113. The van der Waals surface area contributed by atoms with Crippen LogP contribution in [0.15, 0.2) is 58.4 Å². The van der Waals surface area contributed by atoms with Crippen LogP contribution in [0.1, 0.15) is 15.9 Å². The molecule has 0 aromatic heterocycles. The predicted octanol–water partition coefficient (Wildman–Crippen LogP) is 2.45. The number of sulfonamides is 1. The van der Waals surface area contributed by atoms with E-state index in [2.05, 4.69) is 22.5 Å². The molecule has 0 spiro atoms. The summed E-state index contributed by atoms with van der Waals surface area (Å²) in [7, 11) is -2.31. The van der Waals surface area contributed by atoms with Crippen LogP contribution in [-0.4, -0.2) is 33.8 Å². The lowest BCUT2D eigenvalue weighted by Gasteiger charge is -2.19. The number of hydrogen-bond donors (Lipinski definition) is 1. The fourth-order valence-electron chi connectivity index (χ4n) is 3.06. The van der Waals surface area contributed by atoms with Gasteiger partial charge >= 0.3 is 0 Å². The van der Waals surface area contributed by atoms with Crippen molar-refractivity contribution in [2.24, 2.45) is 5.14 Å². The minimum absolute atomic E-state index is 0.0640. The number of amides is 2. The van der Waals surface area contributed by atoms with Crippen molar-refractivity contribution in [1.29, 1.82) is 0 Å². The van der Waals surface area contributed by atoms with E-state index in [1.54, 1.807) is 37.4 Å². The van der Waals surface area contributed by atoms with Gasteiger partial charge in [0, 0.05) is 35.0 Å². The Morgan fingerprint density at radius 3 is 2.46 bits per heavy atom. The lowest BCUT2D eigenvalue weighted by Crippen LogP contribution is -2.29. The summed E-state index contributed by atoms with van der Waals surface area (Å²) in [6.45, 7) is 3.89. The summed E-state index contributed by atoms with van der Waals surface area (Å²) in [6, 6.07) is 9.70. The molecule has 146 valence electrons. The van der Waals surface area contributed by atoms with E-state index in [0.717, 1.165) is 5.56 Å². The number of benzene rings is 2. The van der Waals surface area contributed by atoms with Crippen LogP contribution in [-0.2, 0) is 21.2 Å². The van der Waals surface area contributed by atoms with Crippen LogP contribution >= 0.6 is 15.9 Å². The lowest BCUT2D eigenvalue weighted by atomic mass is 10.1. The van der Waals surface area contributed by atoms with Crippen molar-refractivity contribution in [2.45, 2.75) is 11.3 Å². The van der Waals surface area contributed by atoms with Crippen molar-refractivity contribution in [2.75, 3.05) is 23.4 Å². The second-order valence-corrected chi connectivity index (χ2v) is 8.70. The van der Waals surface area contributed by atoms with Gasteiger partial charge in [-0.1, -0.05) is 6.58 Å². The summed E-state index contributed by atoms with van der Waals surface area (Å²) in [5, 5.41) is 5.26. The maximum Gasteiger partial charge on any atom is 0.258 e. The van der Waals surface area contributed by atoms with E-state index >= 15 is 0 Å². The van der Waals surface area contributed by atoms with E-state index in [4.69, 9.17) is 5.14 Å². The average molecular weight is 464 g/mol. The molecule has 2 amide bonds. The number of nitrogens with two attached hydrogens (primary N) is 1. The number of nitrogens with zero attached hydrogens (tertiary/aromatic N) is 2. The second-order valence-electron chi connectivity index (χ2n) is 6.31. The van der Waals surface area contributed by atoms with Gasteiger partial charge in [-0.3, -0.25) is 9.59 Å². The van der Waals surface area contributed by atoms with Crippen LogP contribution in [0.4, 0.5) is 11.4 Å². The topological polar surface area (TPSA) is 101 Å². The number of likely N-dealkylation sites (N-methyl/N-ethyl adjacent to an activating group) is 1. The maximum absolute atomic E-state index is 13.0. The number of carbonyl (C=O) groups excluding carboxylic acids is 2. The smallest absolute Gasteiger partial charge is 0.258 e. The molecule has 0 unspecified atom stereocenters. The average Bonchev–Trinajstić information content (AvgIpc) is 3.07. The summed E-state index contributed by atoms with van der Waals surface area (Å²) >= 11 is 3.22. The number of fused-ring (bicyclic) bond motifs is 1. The zero-order valence-electron chi connectivity index (χ0n) is 15.1. The first kappa shape index (κ1) is 20.2. The number of primary sulfonamides is 1. The number of anilines is 2. The van der Waals surface area contributed by atoms with E-state index < -0.39 is 10.0 Å². The maximum atomic E-state index is 13.0. The standard InChI is InChI=1S/C19H18BrN3O4S/c1-3-18(24)22(2)14-6-4-12(5-7-14)19(25)23-9-8-13-10-15(20)17(11-16(13)23)28(21,26)27/h3-7,10-11H,1,8-9H2,2H3,(H2,21,26,27). The SMILES string of the molecule is C=CC(=O)N(C)c1ccc(C(=O)N2CCc3cc(Br)c(S(N)(=O)=O)cc32)cc1. The Morgan fingerprint density at radius 2 is 1.89 bits per heavy atom. The van der Waals surface area contributed by atoms with Crippen LogP contribution < -0.4 is 14.9 Å². The highest BCUT2D eigenvalue weighted by Crippen LogP contribution is 2.35. The molecule has 2 aromatic rings. The Hall–Kier alpha value is -2.49. The van der Waals surface area contributed by atoms with Gasteiger partial charge in [0.2, 0.25) is 15.9 Å². The van der Waals surface area contributed by atoms with E-state index in [-0.39, 0.29) is 16.7 Å². The van der Waals surface area contributed by atoms with E-state index in [0.29, 0.717) is 34.4 Å². The quantitative estimate of drug-likeness (QED) is 0.703. The largest absolute Gasteiger partial charge is 0.312 e. The molecule has 2 aromatic carbocycles. The Kier molecular flexibility index (Phi) is 5.42. The molecule has 2 N–H and O–H groups in total. The zero-order chi connectivity index (χ0) is 20.6. The molecule has 0 saturated carbocycles. The first-order chi connectivity index (χ1) is 13.1. The molecule has 9 heteroatoms. The van der Waals surface area contributed by atoms with Crippen molar-refractivity contribution in [1.82, 2.24) is 0 Å². The second kappa shape index (κ2) is 7.50. The highest BCUT2D eigenvalue weighted by molar-refractivity contribution is 9.10. The van der Waals surface area contributed by atoms with E-state index in [1.807, 2.05) is 0 Å². The van der Waals surface area contributed by atoms with Gasteiger partial charge in [0.25, 0.3) is 5.91 Å².